The molecule has 1 unspecified atom stereocenters. The molecule has 5 nitrogen and oxygen atoms in total. The molecule has 0 saturated carbocycles. The Labute approximate surface area is 153 Å². The van der Waals surface area contributed by atoms with E-state index in [2.05, 4.69) is 22.5 Å². The standard InChI is InChI=1S/C21H24N2O3/c1-3-14-13-23-11-9-15(14)12-19(23)20(26-21(24)25-2)17-8-10-22-18-7-5-4-6-16(17)18/h3-8,10,14-15,19-20H,1,9,11-13H2,2H3/t14-,15-,19-,20+/m0/s1. The minimum absolute atomic E-state index is 0.148. The molecule has 1 aromatic carbocycles. The average molecular weight is 352 g/mol. The monoisotopic (exact) mass is 352 g/mol. The second kappa shape index (κ2) is 7.08. The minimum atomic E-state index is -0.640. The first-order valence-corrected chi connectivity index (χ1v) is 9.16. The van der Waals surface area contributed by atoms with Crippen LogP contribution in [0.4, 0.5) is 4.79 Å². The molecule has 5 heteroatoms. The fourth-order valence-corrected chi connectivity index (χ4v) is 4.56. The number of hydrogen-bond donors (Lipinski definition) is 0. The summed E-state index contributed by atoms with van der Waals surface area (Å²) in [5.41, 5.74) is 1.90. The first kappa shape index (κ1) is 17.0. The van der Waals surface area contributed by atoms with E-state index in [0.29, 0.717) is 11.8 Å². The molecule has 26 heavy (non-hydrogen) atoms. The van der Waals surface area contributed by atoms with Crippen molar-refractivity contribution in [2.24, 2.45) is 11.8 Å². The van der Waals surface area contributed by atoms with E-state index in [0.717, 1.165) is 36.0 Å². The van der Waals surface area contributed by atoms with Gasteiger partial charge in [0.2, 0.25) is 0 Å². The third-order valence-corrected chi connectivity index (χ3v) is 5.88. The fraction of sp³-hybridized carbons (Fsp3) is 0.429. The average Bonchev–Trinajstić information content (AvgIpc) is 2.71. The molecule has 0 radical (unpaired) electrons. The van der Waals surface area contributed by atoms with E-state index < -0.39 is 6.16 Å². The van der Waals surface area contributed by atoms with Gasteiger partial charge in [-0.2, -0.15) is 0 Å². The van der Waals surface area contributed by atoms with Gasteiger partial charge in [0.05, 0.1) is 18.7 Å². The Hall–Kier alpha value is -2.40. The normalized spacial score (nSPS) is 28.5. The number of carbonyl (C=O) groups is 1. The maximum absolute atomic E-state index is 12.0. The van der Waals surface area contributed by atoms with Gasteiger partial charge in [-0.1, -0.05) is 24.3 Å². The third kappa shape index (κ3) is 2.97. The highest BCUT2D eigenvalue weighted by Gasteiger charge is 2.44. The Balaban J connectivity index is 1.73. The summed E-state index contributed by atoms with van der Waals surface area (Å²) in [6.07, 6.45) is 5.02. The van der Waals surface area contributed by atoms with Crippen LogP contribution in [0.3, 0.4) is 0 Å². The topological polar surface area (TPSA) is 51.7 Å². The van der Waals surface area contributed by atoms with Crippen LogP contribution in [0.1, 0.15) is 24.5 Å². The maximum Gasteiger partial charge on any atom is 0.508 e. The Morgan fingerprint density at radius 1 is 1.38 bits per heavy atom. The van der Waals surface area contributed by atoms with Gasteiger partial charge in [0.15, 0.2) is 0 Å². The number of hydrogen-bond acceptors (Lipinski definition) is 5. The third-order valence-electron chi connectivity index (χ3n) is 5.88. The lowest BCUT2D eigenvalue weighted by Crippen LogP contribution is -2.55. The van der Waals surface area contributed by atoms with E-state index in [4.69, 9.17) is 9.47 Å². The van der Waals surface area contributed by atoms with E-state index in [1.54, 1.807) is 6.20 Å². The number of piperidine rings is 3. The Bertz CT molecular complexity index is 817. The van der Waals surface area contributed by atoms with Gasteiger partial charge in [-0.15, -0.1) is 6.58 Å². The molecule has 136 valence electrons. The molecule has 1 aromatic heterocycles. The number of benzene rings is 1. The summed E-state index contributed by atoms with van der Waals surface area (Å²) in [7, 11) is 1.35. The highest BCUT2D eigenvalue weighted by atomic mass is 16.7. The zero-order chi connectivity index (χ0) is 18.1. The first-order valence-electron chi connectivity index (χ1n) is 9.16. The van der Waals surface area contributed by atoms with Crippen molar-refractivity contribution < 1.29 is 14.3 Å². The summed E-state index contributed by atoms with van der Waals surface area (Å²) in [5.74, 6) is 1.12. The van der Waals surface area contributed by atoms with E-state index in [1.165, 1.54) is 13.5 Å². The number of aromatic nitrogens is 1. The number of rotatable bonds is 4. The maximum atomic E-state index is 12.0. The van der Waals surface area contributed by atoms with Gasteiger partial charge in [0, 0.05) is 23.7 Å². The molecule has 0 N–H and O–H groups in total. The molecule has 4 heterocycles. The summed E-state index contributed by atoms with van der Waals surface area (Å²) in [5, 5.41) is 1.02. The first-order chi connectivity index (χ1) is 12.7. The van der Waals surface area contributed by atoms with Gasteiger partial charge in [-0.3, -0.25) is 9.88 Å². The van der Waals surface area contributed by atoms with Gasteiger partial charge in [-0.25, -0.2) is 4.79 Å². The number of para-hydroxylation sites is 1. The zero-order valence-corrected chi connectivity index (χ0v) is 15.0. The highest BCUT2D eigenvalue weighted by molar-refractivity contribution is 5.82. The van der Waals surface area contributed by atoms with Crippen molar-refractivity contribution in [1.82, 2.24) is 9.88 Å². The van der Waals surface area contributed by atoms with Crippen molar-refractivity contribution >= 4 is 17.1 Å². The molecule has 0 spiro atoms. The molecule has 3 aliphatic rings. The molecule has 2 aromatic rings. The molecule has 5 atom stereocenters. The predicted octanol–water partition coefficient (Wildman–Crippen LogP) is 3.96. The Kier molecular flexibility index (Phi) is 4.64. The molecule has 2 bridgehead atoms. The fourth-order valence-electron chi connectivity index (χ4n) is 4.56. The van der Waals surface area contributed by atoms with Gasteiger partial charge in [-0.05, 0) is 43.4 Å². The lowest BCUT2D eigenvalue weighted by Gasteiger charge is -2.51. The SMILES string of the molecule is C=C[C@H]1CN2CC[C@H]1C[C@H]2[C@H](OC(=O)OC)c1ccnc2ccccc12. The van der Waals surface area contributed by atoms with E-state index in [9.17, 15) is 4.79 Å². The second-order valence-corrected chi connectivity index (χ2v) is 7.16. The number of methoxy groups -OCH3 is 1. The molecular weight excluding hydrogens is 328 g/mol. The summed E-state index contributed by atoms with van der Waals surface area (Å²) in [6, 6.07) is 10.1. The van der Waals surface area contributed by atoms with Gasteiger partial charge < -0.3 is 9.47 Å². The van der Waals surface area contributed by atoms with Crippen LogP contribution in [0.25, 0.3) is 10.9 Å². The number of fused-ring (bicyclic) bond motifs is 4. The summed E-state index contributed by atoms with van der Waals surface area (Å²) < 4.78 is 10.6. The molecule has 0 aliphatic carbocycles. The molecular formula is C21H24N2O3. The Morgan fingerprint density at radius 3 is 2.96 bits per heavy atom. The van der Waals surface area contributed by atoms with Crippen molar-refractivity contribution in [3.63, 3.8) is 0 Å². The lowest BCUT2D eigenvalue weighted by atomic mass is 9.73. The summed E-state index contributed by atoms with van der Waals surface area (Å²) >= 11 is 0. The van der Waals surface area contributed by atoms with Crippen molar-refractivity contribution in [2.75, 3.05) is 20.2 Å². The van der Waals surface area contributed by atoms with E-state index in [1.807, 2.05) is 30.3 Å². The molecule has 3 saturated heterocycles. The Morgan fingerprint density at radius 2 is 2.23 bits per heavy atom. The number of nitrogens with zero attached hydrogens (tertiary/aromatic N) is 2. The van der Waals surface area contributed by atoms with Crippen LogP contribution in [0.15, 0.2) is 49.2 Å². The second-order valence-electron chi connectivity index (χ2n) is 7.16. The summed E-state index contributed by atoms with van der Waals surface area (Å²) in [6.45, 7) is 6.00. The smallest absolute Gasteiger partial charge is 0.438 e. The van der Waals surface area contributed by atoms with Crippen molar-refractivity contribution in [2.45, 2.75) is 25.0 Å². The molecule has 0 amide bonds. The van der Waals surface area contributed by atoms with Crippen LogP contribution in [0.2, 0.25) is 0 Å². The predicted molar refractivity (Wildman–Crippen MR) is 99.7 cm³/mol. The lowest BCUT2D eigenvalue weighted by molar-refractivity contribution is -0.0627. The van der Waals surface area contributed by atoms with Crippen molar-refractivity contribution in [3.8, 4) is 0 Å². The van der Waals surface area contributed by atoms with Crippen molar-refractivity contribution in [1.29, 1.82) is 0 Å². The van der Waals surface area contributed by atoms with Crippen LogP contribution in [-0.4, -0.2) is 42.3 Å². The van der Waals surface area contributed by atoms with E-state index in [-0.39, 0.29) is 12.1 Å². The van der Waals surface area contributed by atoms with Crippen LogP contribution in [0.5, 0.6) is 0 Å². The van der Waals surface area contributed by atoms with Gasteiger partial charge in [0.1, 0.15) is 6.10 Å². The van der Waals surface area contributed by atoms with Gasteiger partial charge >= 0.3 is 6.16 Å². The van der Waals surface area contributed by atoms with Crippen LogP contribution in [0, 0.1) is 11.8 Å². The minimum Gasteiger partial charge on any atom is -0.438 e. The van der Waals surface area contributed by atoms with Gasteiger partial charge in [0.25, 0.3) is 0 Å². The van der Waals surface area contributed by atoms with Crippen molar-refractivity contribution in [3.05, 3.63) is 54.7 Å². The quantitative estimate of drug-likeness (QED) is 0.616. The number of ether oxygens (including phenoxy) is 2. The zero-order valence-electron chi connectivity index (χ0n) is 15.0. The highest BCUT2D eigenvalue weighted by Crippen LogP contribution is 2.43. The number of carbonyl (C=O) groups excluding carboxylic acids is 1. The molecule has 3 aliphatic heterocycles. The van der Waals surface area contributed by atoms with Crippen LogP contribution >= 0.6 is 0 Å². The number of pyridine rings is 1. The summed E-state index contributed by atoms with van der Waals surface area (Å²) in [4.78, 5) is 18.9. The van der Waals surface area contributed by atoms with E-state index >= 15 is 0 Å². The molecule has 3 fully saturated rings. The largest absolute Gasteiger partial charge is 0.508 e. The van der Waals surface area contributed by atoms with Crippen LogP contribution in [-0.2, 0) is 9.47 Å². The molecule has 5 rings (SSSR count). The van der Waals surface area contributed by atoms with Crippen LogP contribution < -0.4 is 0 Å².